The lowest BCUT2D eigenvalue weighted by Crippen LogP contribution is -2.14. The molecule has 0 aliphatic rings. The molecule has 346 valence electrons. The number of carboxylic acids is 1. The van der Waals surface area contributed by atoms with Gasteiger partial charge >= 0.3 is 5.97 Å². The highest BCUT2D eigenvalue weighted by atomic mass is 19.1. The van der Waals surface area contributed by atoms with Crippen LogP contribution in [0.4, 0.5) is 42.9 Å². The van der Waals surface area contributed by atoms with Crippen LogP contribution in [-0.4, -0.2) is 57.2 Å². The monoisotopic (exact) mass is 919 g/mol. The summed E-state index contributed by atoms with van der Waals surface area (Å²) >= 11 is 0. The van der Waals surface area contributed by atoms with Gasteiger partial charge in [-0.15, -0.1) is 0 Å². The standard InChI is InChI=1S/C15H15FN2O3.C14H10FN3O.C13H14N2O4.C5H4O3/c1-20-13-8-12(14(21-2)7-11(13)17)18-15(19)9-5-3-4-6-10(9)16;15-12-4-2-1-3-11(12)14(19)18-13-6-5-10(17)7-9(13)8-16;1-17-11-7-9(12(18-2)6-8(11)14)15-13(16)10-4-3-5-19-10;6-5(7)4-2-1-3-8-4/h3-8H,17H2,1-2H3,(H,18,19);1-7H,17H2,(H,18,19);3-7H,14H2,1-2H3,(H,15,16);1-3H,(H,6,7). The lowest BCUT2D eigenvalue weighted by molar-refractivity contribution is 0.0661. The molecule has 5 aromatic carbocycles. The van der Waals surface area contributed by atoms with Crippen LogP contribution in [0.5, 0.6) is 23.0 Å². The number of nitrogens with zero attached hydrogens (tertiary/aromatic N) is 1. The molecule has 2 aromatic heterocycles. The van der Waals surface area contributed by atoms with Crippen molar-refractivity contribution in [1.82, 2.24) is 0 Å². The quantitative estimate of drug-likeness (QED) is 0.0600. The Morgan fingerprint density at radius 2 is 0.985 bits per heavy atom. The molecule has 0 aliphatic carbocycles. The van der Waals surface area contributed by atoms with Crippen molar-refractivity contribution < 1.29 is 60.8 Å². The number of nitrogens with one attached hydrogen (secondary N) is 3. The lowest BCUT2D eigenvalue weighted by atomic mass is 10.1. The summed E-state index contributed by atoms with van der Waals surface area (Å²) in [5.41, 5.74) is 19.5. The van der Waals surface area contributed by atoms with Crippen molar-refractivity contribution in [2.45, 2.75) is 0 Å². The number of nitrogens with two attached hydrogens (primary N) is 3. The third-order valence-electron chi connectivity index (χ3n) is 8.73. The number of amides is 3. The molecule has 0 unspecified atom stereocenters. The van der Waals surface area contributed by atoms with E-state index in [4.69, 9.17) is 50.9 Å². The second-order valence-electron chi connectivity index (χ2n) is 13.1. The number of hydrogen-bond donors (Lipinski definition) is 7. The van der Waals surface area contributed by atoms with Crippen LogP contribution in [-0.2, 0) is 0 Å². The summed E-state index contributed by atoms with van der Waals surface area (Å²) in [6.45, 7) is 0. The highest BCUT2D eigenvalue weighted by Crippen LogP contribution is 2.36. The smallest absolute Gasteiger partial charge is 0.371 e. The van der Waals surface area contributed by atoms with Gasteiger partial charge in [0, 0.05) is 30.0 Å². The summed E-state index contributed by atoms with van der Waals surface area (Å²) in [6.07, 6.45) is 2.75. The molecule has 3 amide bonds. The topological polar surface area (TPSA) is 290 Å². The van der Waals surface area contributed by atoms with Crippen molar-refractivity contribution in [3.8, 4) is 29.1 Å². The number of benzene rings is 5. The number of nitriles is 1. The second kappa shape index (κ2) is 24.4. The molecule has 0 bridgehead atoms. The zero-order valence-electron chi connectivity index (χ0n) is 36.1. The van der Waals surface area contributed by atoms with E-state index < -0.39 is 29.4 Å². The van der Waals surface area contributed by atoms with Crippen LogP contribution in [0.2, 0.25) is 0 Å². The molecule has 7 aromatic rings. The molecular formula is C47H43F2N7O11. The highest BCUT2D eigenvalue weighted by Gasteiger charge is 2.17. The summed E-state index contributed by atoms with van der Waals surface area (Å²) < 4.78 is 57.1. The minimum Gasteiger partial charge on any atom is -0.495 e. The van der Waals surface area contributed by atoms with Crippen LogP contribution in [0.3, 0.4) is 0 Å². The third kappa shape index (κ3) is 14.0. The number of nitrogen functional groups attached to an aromatic ring is 3. The van der Waals surface area contributed by atoms with E-state index in [-0.39, 0.29) is 34.1 Å². The maximum Gasteiger partial charge on any atom is 0.371 e. The van der Waals surface area contributed by atoms with Crippen molar-refractivity contribution in [3.63, 3.8) is 0 Å². The molecule has 0 spiro atoms. The number of ether oxygens (including phenoxy) is 4. The predicted octanol–water partition coefficient (Wildman–Crippen LogP) is 8.32. The summed E-state index contributed by atoms with van der Waals surface area (Å²) in [7, 11) is 5.89. The number of carboxylic acid groups (broad SMARTS) is 1. The van der Waals surface area contributed by atoms with Gasteiger partial charge in [-0.3, -0.25) is 14.4 Å². The number of rotatable bonds is 11. The molecule has 2 heterocycles. The summed E-state index contributed by atoms with van der Waals surface area (Å²) in [5, 5.41) is 24.9. The van der Waals surface area contributed by atoms with Gasteiger partial charge in [0.2, 0.25) is 5.76 Å². The van der Waals surface area contributed by atoms with Gasteiger partial charge < -0.3 is 66.0 Å². The van der Waals surface area contributed by atoms with Crippen LogP contribution in [0.15, 0.2) is 137 Å². The molecule has 7 rings (SSSR count). The number of hydrogen-bond acceptors (Lipinski definition) is 14. The number of carbonyl (C=O) groups is 4. The van der Waals surface area contributed by atoms with Crippen molar-refractivity contribution >= 4 is 57.8 Å². The Balaban J connectivity index is 0.000000203. The van der Waals surface area contributed by atoms with Crippen molar-refractivity contribution in [1.29, 1.82) is 5.26 Å². The first-order valence-corrected chi connectivity index (χ1v) is 19.2. The van der Waals surface area contributed by atoms with Gasteiger partial charge in [0.05, 0.1) is 86.1 Å². The Morgan fingerprint density at radius 1 is 0.552 bits per heavy atom. The second-order valence-corrected chi connectivity index (χ2v) is 13.1. The van der Waals surface area contributed by atoms with Gasteiger partial charge in [0.15, 0.2) is 5.76 Å². The average molecular weight is 920 g/mol. The van der Waals surface area contributed by atoms with Gasteiger partial charge in [0.25, 0.3) is 17.7 Å². The molecule has 18 nitrogen and oxygen atoms in total. The number of halogens is 2. The van der Waals surface area contributed by atoms with Crippen molar-refractivity contribution in [2.24, 2.45) is 0 Å². The van der Waals surface area contributed by atoms with Crippen LogP contribution >= 0.6 is 0 Å². The number of furan rings is 2. The maximum absolute atomic E-state index is 13.6. The normalized spacial score (nSPS) is 9.81. The number of methoxy groups -OCH3 is 4. The van der Waals surface area contributed by atoms with Crippen LogP contribution < -0.4 is 52.1 Å². The van der Waals surface area contributed by atoms with E-state index in [2.05, 4.69) is 20.4 Å². The van der Waals surface area contributed by atoms with E-state index in [1.807, 2.05) is 6.07 Å². The number of carbonyl (C=O) groups excluding carboxylic acids is 3. The summed E-state index contributed by atoms with van der Waals surface area (Å²) in [5.74, 6) is -2.00. The fraction of sp³-hybridized carbons (Fsp3) is 0.0851. The highest BCUT2D eigenvalue weighted by molar-refractivity contribution is 6.06. The Morgan fingerprint density at radius 3 is 1.37 bits per heavy atom. The molecule has 0 saturated heterocycles. The van der Waals surface area contributed by atoms with Crippen LogP contribution in [0.1, 0.15) is 47.4 Å². The Labute approximate surface area is 381 Å². The van der Waals surface area contributed by atoms with E-state index in [0.29, 0.717) is 57.1 Å². The molecule has 10 N–H and O–H groups in total. The van der Waals surface area contributed by atoms with Gasteiger partial charge in [-0.1, -0.05) is 24.3 Å². The maximum atomic E-state index is 13.6. The largest absolute Gasteiger partial charge is 0.495 e. The first-order valence-electron chi connectivity index (χ1n) is 19.2. The van der Waals surface area contributed by atoms with Crippen LogP contribution in [0, 0.1) is 23.0 Å². The zero-order valence-corrected chi connectivity index (χ0v) is 36.1. The van der Waals surface area contributed by atoms with Gasteiger partial charge in [0.1, 0.15) is 40.7 Å². The van der Waals surface area contributed by atoms with Gasteiger partial charge in [-0.05, 0) is 66.7 Å². The van der Waals surface area contributed by atoms with Crippen molar-refractivity contribution in [3.05, 3.63) is 168 Å². The van der Waals surface area contributed by atoms with Gasteiger partial charge in [-0.2, -0.15) is 5.26 Å². The van der Waals surface area contributed by atoms with E-state index in [1.54, 1.807) is 42.5 Å². The molecule has 0 aliphatic heterocycles. The number of anilines is 6. The van der Waals surface area contributed by atoms with E-state index in [0.717, 1.165) is 0 Å². The molecular weight excluding hydrogens is 877 g/mol. The summed E-state index contributed by atoms with van der Waals surface area (Å²) in [6, 6.07) is 30.1. The average Bonchev–Trinajstić information content (AvgIpc) is 4.08. The Hall–Kier alpha value is -9.51. The zero-order chi connectivity index (χ0) is 49.0. The minimum atomic E-state index is -1.03. The third-order valence-corrected chi connectivity index (χ3v) is 8.73. The Kier molecular flexibility index (Phi) is 18.2. The van der Waals surface area contributed by atoms with Crippen LogP contribution in [0.25, 0.3) is 0 Å². The lowest BCUT2D eigenvalue weighted by Gasteiger charge is -2.13. The molecule has 0 fully saturated rings. The SMILES string of the molecule is COc1cc(NC(=O)c2ccccc2F)c(OC)cc1N.COc1cc(NC(=O)c2ccco2)c(OC)cc1N.N#Cc1cc(N)ccc1NC(=O)c1ccccc1F.O=C(O)c1ccco1. The molecule has 0 atom stereocenters. The molecule has 0 radical (unpaired) electrons. The van der Waals surface area contributed by atoms with E-state index in [1.165, 1.54) is 114 Å². The number of aromatic carboxylic acids is 1. The molecule has 20 heteroatoms. The predicted molar refractivity (Wildman–Crippen MR) is 245 cm³/mol. The summed E-state index contributed by atoms with van der Waals surface area (Å²) in [4.78, 5) is 45.9. The Bertz CT molecular complexity index is 2850. The van der Waals surface area contributed by atoms with E-state index >= 15 is 0 Å². The molecule has 67 heavy (non-hydrogen) atoms. The van der Waals surface area contributed by atoms with Crippen molar-refractivity contribution in [2.75, 3.05) is 61.6 Å². The van der Waals surface area contributed by atoms with Gasteiger partial charge in [-0.25, -0.2) is 13.6 Å². The fourth-order valence-corrected chi connectivity index (χ4v) is 5.46. The first-order chi connectivity index (χ1) is 32.1. The fourth-order valence-electron chi connectivity index (χ4n) is 5.46. The minimum absolute atomic E-state index is 0.0231. The molecule has 0 saturated carbocycles. The first kappa shape index (κ1) is 50.1. The van der Waals surface area contributed by atoms with E-state index in [9.17, 15) is 28.0 Å².